The van der Waals surface area contributed by atoms with Gasteiger partial charge >= 0.3 is 0 Å². The van der Waals surface area contributed by atoms with E-state index in [1.54, 1.807) is 20.3 Å². The van der Waals surface area contributed by atoms with Crippen LogP contribution in [0, 0.1) is 5.82 Å². The third-order valence-electron chi connectivity index (χ3n) is 3.93. The Kier molecular flexibility index (Phi) is 7.61. The lowest BCUT2D eigenvalue weighted by Gasteiger charge is -2.11. The SMILES string of the molecule is COc1ccc(OC)c(CCNC(=O)CNC(=O)Cc2ccc(F)cc2)c1. The van der Waals surface area contributed by atoms with Gasteiger partial charge in [0.2, 0.25) is 11.8 Å². The molecule has 0 atom stereocenters. The van der Waals surface area contributed by atoms with Gasteiger partial charge in [0.15, 0.2) is 0 Å². The van der Waals surface area contributed by atoms with Crippen molar-refractivity contribution in [1.29, 1.82) is 0 Å². The van der Waals surface area contributed by atoms with Crippen LogP contribution in [0.4, 0.5) is 4.39 Å². The molecule has 2 amide bonds. The predicted molar refractivity (Wildman–Crippen MR) is 99.4 cm³/mol. The van der Waals surface area contributed by atoms with Crippen LogP contribution in [0.2, 0.25) is 0 Å². The molecule has 27 heavy (non-hydrogen) atoms. The summed E-state index contributed by atoms with van der Waals surface area (Å²) in [5, 5.41) is 5.29. The second-order valence-corrected chi connectivity index (χ2v) is 5.86. The first kappa shape index (κ1) is 20.2. The highest BCUT2D eigenvalue weighted by atomic mass is 19.1. The topological polar surface area (TPSA) is 76.7 Å². The Morgan fingerprint density at radius 1 is 0.963 bits per heavy atom. The van der Waals surface area contributed by atoms with Crippen LogP contribution in [0.5, 0.6) is 11.5 Å². The highest BCUT2D eigenvalue weighted by Crippen LogP contribution is 2.24. The summed E-state index contributed by atoms with van der Waals surface area (Å²) in [5.74, 6) is 0.490. The Morgan fingerprint density at radius 2 is 1.70 bits per heavy atom. The molecule has 0 unspecified atom stereocenters. The molecule has 2 aromatic carbocycles. The molecule has 0 aromatic heterocycles. The Morgan fingerprint density at radius 3 is 2.37 bits per heavy atom. The molecule has 144 valence electrons. The number of hydrogen-bond acceptors (Lipinski definition) is 4. The summed E-state index contributed by atoms with van der Waals surface area (Å²) in [6, 6.07) is 11.1. The molecular formula is C20H23FN2O4. The normalized spacial score (nSPS) is 10.2. The molecule has 0 fully saturated rings. The fourth-order valence-electron chi connectivity index (χ4n) is 2.51. The summed E-state index contributed by atoms with van der Waals surface area (Å²) in [6.45, 7) is 0.283. The van der Waals surface area contributed by atoms with Gasteiger partial charge in [-0.05, 0) is 47.9 Å². The van der Waals surface area contributed by atoms with E-state index in [0.717, 1.165) is 11.3 Å². The molecule has 2 rings (SSSR count). The molecule has 2 N–H and O–H groups in total. The lowest BCUT2D eigenvalue weighted by atomic mass is 10.1. The molecule has 7 heteroatoms. The van der Waals surface area contributed by atoms with Gasteiger partial charge in [-0.15, -0.1) is 0 Å². The van der Waals surface area contributed by atoms with Gasteiger partial charge in [-0.1, -0.05) is 12.1 Å². The van der Waals surface area contributed by atoms with Crippen molar-refractivity contribution in [2.45, 2.75) is 12.8 Å². The predicted octanol–water partition coefficient (Wildman–Crippen LogP) is 1.86. The molecule has 2 aromatic rings. The number of rotatable bonds is 9. The van der Waals surface area contributed by atoms with E-state index in [2.05, 4.69) is 10.6 Å². The third-order valence-corrected chi connectivity index (χ3v) is 3.93. The van der Waals surface area contributed by atoms with Crippen LogP contribution in [-0.4, -0.2) is 39.1 Å². The minimum absolute atomic E-state index is 0.0918. The largest absolute Gasteiger partial charge is 0.497 e. The van der Waals surface area contributed by atoms with E-state index in [0.29, 0.717) is 24.3 Å². The lowest BCUT2D eigenvalue weighted by molar-refractivity contribution is -0.125. The minimum atomic E-state index is -0.355. The number of nitrogens with one attached hydrogen (secondary N) is 2. The minimum Gasteiger partial charge on any atom is -0.497 e. The number of methoxy groups -OCH3 is 2. The van der Waals surface area contributed by atoms with Crippen LogP contribution in [0.15, 0.2) is 42.5 Å². The van der Waals surface area contributed by atoms with Crippen LogP contribution in [0.1, 0.15) is 11.1 Å². The summed E-state index contributed by atoms with van der Waals surface area (Å²) >= 11 is 0. The molecule has 6 nitrogen and oxygen atoms in total. The summed E-state index contributed by atoms with van der Waals surface area (Å²) in [7, 11) is 3.17. The molecular weight excluding hydrogens is 351 g/mol. The highest BCUT2D eigenvalue weighted by molar-refractivity contribution is 5.85. The summed E-state index contributed by atoms with van der Waals surface area (Å²) in [6.07, 6.45) is 0.657. The fraction of sp³-hybridized carbons (Fsp3) is 0.300. The zero-order chi connectivity index (χ0) is 19.6. The van der Waals surface area contributed by atoms with Gasteiger partial charge in [0.05, 0.1) is 27.2 Å². The van der Waals surface area contributed by atoms with Crippen molar-refractivity contribution in [2.24, 2.45) is 0 Å². The number of halogens is 1. The quantitative estimate of drug-likeness (QED) is 0.703. The first-order chi connectivity index (χ1) is 13.0. The molecule has 0 spiro atoms. The number of ether oxygens (including phenoxy) is 2. The Balaban J connectivity index is 1.73. The Labute approximate surface area is 157 Å². The van der Waals surface area contributed by atoms with Gasteiger partial charge in [0, 0.05) is 6.54 Å². The first-order valence-electron chi connectivity index (χ1n) is 8.50. The summed E-state index contributed by atoms with van der Waals surface area (Å²) < 4.78 is 23.3. The maximum Gasteiger partial charge on any atom is 0.239 e. The zero-order valence-electron chi connectivity index (χ0n) is 15.4. The van der Waals surface area contributed by atoms with Gasteiger partial charge in [-0.25, -0.2) is 4.39 Å². The van der Waals surface area contributed by atoms with Gasteiger partial charge in [0.1, 0.15) is 17.3 Å². The van der Waals surface area contributed by atoms with Crippen LogP contribution in [-0.2, 0) is 22.4 Å². The van der Waals surface area contributed by atoms with E-state index in [4.69, 9.17) is 9.47 Å². The van der Waals surface area contributed by atoms with E-state index in [1.165, 1.54) is 24.3 Å². The molecule has 0 bridgehead atoms. The second-order valence-electron chi connectivity index (χ2n) is 5.86. The van der Waals surface area contributed by atoms with E-state index >= 15 is 0 Å². The fourth-order valence-corrected chi connectivity index (χ4v) is 2.51. The molecule has 0 saturated carbocycles. The number of amides is 2. The standard InChI is InChI=1S/C20H23FN2O4/c1-26-17-7-8-18(27-2)15(12-17)9-10-22-20(25)13-23-19(24)11-14-3-5-16(21)6-4-14/h3-8,12H,9-11,13H2,1-2H3,(H,22,25)(H,23,24). The Bertz CT molecular complexity index is 778. The van der Waals surface area contributed by atoms with Crippen molar-refractivity contribution in [1.82, 2.24) is 10.6 Å². The number of hydrogen-bond donors (Lipinski definition) is 2. The molecule has 0 aliphatic carbocycles. The van der Waals surface area contributed by atoms with Crippen LogP contribution < -0.4 is 20.1 Å². The lowest BCUT2D eigenvalue weighted by Crippen LogP contribution is -2.38. The number of benzene rings is 2. The van der Waals surface area contributed by atoms with Crippen molar-refractivity contribution in [3.8, 4) is 11.5 Å². The molecule has 0 heterocycles. The van der Waals surface area contributed by atoms with E-state index < -0.39 is 0 Å². The maximum atomic E-state index is 12.8. The molecule has 0 radical (unpaired) electrons. The van der Waals surface area contributed by atoms with Gasteiger partial charge in [0.25, 0.3) is 0 Å². The van der Waals surface area contributed by atoms with Crippen molar-refractivity contribution in [3.05, 3.63) is 59.4 Å². The van der Waals surface area contributed by atoms with E-state index in [1.807, 2.05) is 12.1 Å². The van der Waals surface area contributed by atoms with E-state index in [-0.39, 0.29) is 30.6 Å². The molecule has 0 aliphatic rings. The van der Waals surface area contributed by atoms with Crippen molar-refractivity contribution >= 4 is 11.8 Å². The summed E-state index contributed by atoms with van der Waals surface area (Å²) in [5.41, 5.74) is 1.59. The van der Waals surface area contributed by atoms with Crippen LogP contribution in [0.3, 0.4) is 0 Å². The van der Waals surface area contributed by atoms with Crippen LogP contribution in [0.25, 0.3) is 0 Å². The van der Waals surface area contributed by atoms with Crippen molar-refractivity contribution in [2.75, 3.05) is 27.3 Å². The van der Waals surface area contributed by atoms with Gasteiger partial charge in [-0.2, -0.15) is 0 Å². The number of carbonyl (C=O) groups is 2. The number of carbonyl (C=O) groups excluding carboxylic acids is 2. The maximum absolute atomic E-state index is 12.8. The van der Waals surface area contributed by atoms with Gasteiger partial charge < -0.3 is 20.1 Å². The van der Waals surface area contributed by atoms with Crippen molar-refractivity contribution in [3.63, 3.8) is 0 Å². The monoisotopic (exact) mass is 374 g/mol. The molecule has 0 aliphatic heterocycles. The Hall–Kier alpha value is -3.09. The molecule has 0 saturated heterocycles. The second kappa shape index (κ2) is 10.2. The summed E-state index contributed by atoms with van der Waals surface area (Å²) in [4.78, 5) is 23.7. The highest BCUT2D eigenvalue weighted by Gasteiger charge is 2.08. The van der Waals surface area contributed by atoms with E-state index in [9.17, 15) is 14.0 Å². The average molecular weight is 374 g/mol. The third kappa shape index (κ3) is 6.62. The average Bonchev–Trinajstić information content (AvgIpc) is 2.68. The van der Waals surface area contributed by atoms with Crippen molar-refractivity contribution < 1.29 is 23.5 Å². The van der Waals surface area contributed by atoms with Gasteiger partial charge in [-0.3, -0.25) is 9.59 Å². The smallest absolute Gasteiger partial charge is 0.239 e. The van der Waals surface area contributed by atoms with Crippen LogP contribution >= 0.6 is 0 Å². The zero-order valence-corrected chi connectivity index (χ0v) is 15.4. The first-order valence-corrected chi connectivity index (χ1v) is 8.50.